The van der Waals surface area contributed by atoms with Crippen LogP contribution >= 0.6 is 0 Å². The number of methoxy groups -OCH3 is 1. The second kappa shape index (κ2) is 7.61. The normalized spacial score (nSPS) is 10.4. The van der Waals surface area contributed by atoms with Crippen molar-refractivity contribution in [3.05, 3.63) is 79.3 Å². The Morgan fingerprint density at radius 3 is 2.33 bits per heavy atom. The molecule has 132 valence electrons. The van der Waals surface area contributed by atoms with E-state index >= 15 is 0 Å². The first-order chi connectivity index (χ1) is 13.3. The molecule has 0 aliphatic heterocycles. The Balaban J connectivity index is 1.75. The van der Waals surface area contributed by atoms with Crippen LogP contribution in [0.25, 0.3) is 22.8 Å². The Bertz CT molecular complexity index is 964. The fraction of sp³-hybridized carbons (Fsp3) is 0.0476. The summed E-state index contributed by atoms with van der Waals surface area (Å²) in [5.41, 5.74) is 3.37. The van der Waals surface area contributed by atoms with Gasteiger partial charge in [0.25, 0.3) is 0 Å². The molecule has 3 aromatic heterocycles. The lowest BCUT2D eigenvalue weighted by molar-refractivity contribution is 0.415. The average molecular weight is 355 g/mol. The molecule has 0 aliphatic carbocycles. The number of nitrogens with one attached hydrogen (secondary N) is 1. The molecule has 4 rings (SSSR count). The summed E-state index contributed by atoms with van der Waals surface area (Å²) < 4.78 is 5.21. The molecule has 0 spiro atoms. The van der Waals surface area contributed by atoms with Crippen LogP contribution in [0.15, 0.2) is 79.3 Å². The van der Waals surface area contributed by atoms with Crippen LogP contribution < -0.4 is 10.1 Å². The van der Waals surface area contributed by atoms with E-state index in [9.17, 15) is 0 Å². The molecule has 0 aliphatic rings. The van der Waals surface area contributed by atoms with Crippen LogP contribution in [0.5, 0.6) is 5.75 Å². The zero-order valence-corrected chi connectivity index (χ0v) is 14.7. The minimum absolute atomic E-state index is 0.556. The molecule has 0 bridgehead atoms. The number of ether oxygens (including phenoxy) is 1. The van der Waals surface area contributed by atoms with Crippen molar-refractivity contribution in [2.75, 3.05) is 12.4 Å². The summed E-state index contributed by atoms with van der Waals surface area (Å²) in [5.74, 6) is 2.04. The van der Waals surface area contributed by atoms with Gasteiger partial charge in [-0.25, -0.2) is 9.97 Å². The number of benzene rings is 1. The molecule has 0 amide bonds. The number of hydrogen-bond acceptors (Lipinski definition) is 6. The van der Waals surface area contributed by atoms with Gasteiger partial charge in [0, 0.05) is 35.9 Å². The SMILES string of the molecule is COc1ccc(Nc2cc(-c3ccncc3)nc(-c3ccccn3)n2)cc1. The van der Waals surface area contributed by atoms with Gasteiger partial charge >= 0.3 is 0 Å². The molecule has 4 aromatic rings. The van der Waals surface area contributed by atoms with Crippen molar-refractivity contribution in [1.29, 1.82) is 0 Å². The van der Waals surface area contributed by atoms with Gasteiger partial charge in [-0.1, -0.05) is 6.07 Å². The third kappa shape index (κ3) is 3.90. The number of pyridine rings is 2. The Hall–Kier alpha value is -3.80. The standard InChI is InChI=1S/C21H17N5O/c1-27-17-7-5-16(6-8-17)24-20-14-19(15-9-12-22-13-10-15)25-21(26-20)18-4-2-3-11-23-18/h2-14H,1H3,(H,24,25,26). The number of nitrogens with zero attached hydrogens (tertiary/aromatic N) is 4. The maximum absolute atomic E-state index is 5.21. The van der Waals surface area contributed by atoms with Crippen LogP contribution in [-0.2, 0) is 0 Å². The molecule has 0 unspecified atom stereocenters. The highest BCUT2D eigenvalue weighted by atomic mass is 16.5. The van der Waals surface area contributed by atoms with Gasteiger partial charge in [-0.05, 0) is 48.5 Å². The summed E-state index contributed by atoms with van der Waals surface area (Å²) in [6.07, 6.45) is 5.22. The van der Waals surface area contributed by atoms with Gasteiger partial charge in [-0.2, -0.15) is 0 Å². The number of anilines is 2. The van der Waals surface area contributed by atoms with E-state index in [4.69, 9.17) is 4.74 Å². The van der Waals surface area contributed by atoms with Crippen LogP contribution in [0.2, 0.25) is 0 Å². The van der Waals surface area contributed by atoms with Crippen molar-refractivity contribution < 1.29 is 4.74 Å². The summed E-state index contributed by atoms with van der Waals surface area (Å²) in [4.78, 5) is 17.8. The van der Waals surface area contributed by atoms with E-state index in [2.05, 4.69) is 25.3 Å². The lowest BCUT2D eigenvalue weighted by Crippen LogP contribution is -2.00. The molecule has 1 N–H and O–H groups in total. The lowest BCUT2D eigenvalue weighted by atomic mass is 10.2. The predicted molar refractivity (Wildman–Crippen MR) is 105 cm³/mol. The first kappa shape index (κ1) is 16.7. The quantitative estimate of drug-likeness (QED) is 0.574. The van der Waals surface area contributed by atoms with Crippen molar-refractivity contribution in [3.8, 4) is 28.5 Å². The molecule has 0 atom stereocenters. The first-order valence-electron chi connectivity index (χ1n) is 8.44. The molecule has 6 nitrogen and oxygen atoms in total. The van der Waals surface area contributed by atoms with Crippen molar-refractivity contribution >= 4 is 11.5 Å². The Kier molecular flexibility index (Phi) is 4.70. The maximum Gasteiger partial charge on any atom is 0.180 e. The van der Waals surface area contributed by atoms with Crippen molar-refractivity contribution in [3.63, 3.8) is 0 Å². The van der Waals surface area contributed by atoms with E-state index < -0.39 is 0 Å². The van der Waals surface area contributed by atoms with Gasteiger partial charge in [0.1, 0.15) is 17.3 Å². The van der Waals surface area contributed by atoms with E-state index in [-0.39, 0.29) is 0 Å². The second-order valence-electron chi connectivity index (χ2n) is 5.77. The Labute approximate surface area is 157 Å². The van der Waals surface area contributed by atoms with Gasteiger partial charge in [0.05, 0.1) is 12.8 Å². The molecule has 1 aromatic carbocycles. The number of aromatic nitrogens is 4. The summed E-state index contributed by atoms with van der Waals surface area (Å²) in [5, 5.41) is 3.33. The largest absolute Gasteiger partial charge is 0.497 e. The van der Waals surface area contributed by atoms with Crippen molar-refractivity contribution in [2.45, 2.75) is 0 Å². The van der Waals surface area contributed by atoms with E-state index in [0.29, 0.717) is 17.3 Å². The molecule has 0 fully saturated rings. The van der Waals surface area contributed by atoms with E-state index in [1.807, 2.05) is 60.7 Å². The number of rotatable bonds is 5. The monoisotopic (exact) mass is 355 g/mol. The molecule has 3 heterocycles. The molecule has 0 saturated heterocycles. The van der Waals surface area contributed by atoms with Crippen LogP contribution in [-0.4, -0.2) is 27.0 Å². The first-order valence-corrected chi connectivity index (χ1v) is 8.44. The third-order valence-corrected chi connectivity index (χ3v) is 3.96. The molecule has 6 heteroatoms. The van der Waals surface area contributed by atoms with Crippen LogP contribution in [0.3, 0.4) is 0 Å². The molecule has 0 radical (unpaired) electrons. The summed E-state index contributed by atoms with van der Waals surface area (Å²) in [7, 11) is 1.65. The van der Waals surface area contributed by atoms with Gasteiger partial charge in [-0.15, -0.1) is 0 Å². The molecular weight excluding hydrogens is 338 g/mol. The van der Waals surface area contributed by atoms with Crippen molar-refractivity contribution in [1.82, 2.24) is 19.9 Å². The highest BCUT2D eigenvalue weighted by Gasteiger charge is 2.10. The van der Waals surface area contributed by atoms with Gasteiger partial charge in [0.2, 0.25) is 0 Å². The smallest absolute Gasteiger partial charge is 0.180 e. The molecule has 27 heavy (non-hydrogen) atoms. The minimum atomic E-state index is 0.556. The van der Waals surface area contributed by atoms with E-state index in [0.717, 1.165) is 22.7 Å². The van der Waals surface area contributed by atoms with Gasteiger partial charge in [-0.3, -0.25) is 9.97 Å². The average Bonchev–Trinajstić information content (AvgIpc) is 2.75. The summed E-state index contributed by atoms with van der Waals surface area (Å²) >= 11 is 0. The third-order valence-electron chi connectivity index (χ3n) is 3.96. The zero-order chi connectivity index (χ0) is 18.5. The van der Waals surface area contributed by atoms with Gasteiger partial charge in [0.15, 0.2) is 5.82 Å². The maximum atomic E-state index is 5.21. The zero-order valence-electron chi connectivity index (χ0n) is 14.7. The highest BCUT2D eigenvalue weighted by Crippen LogP contribution is 2.25. The van der Waals surface area contributed by atoms with Crippen LogP contribution in [0.1, 0.15) is 0 Å². The fourth-order valence-corrected chi connectivity index (χ4v) is 2.61. The van der Waals surface area contributed by atoms with Crippen LogP contribution in [0.4, 0.5) is 11.5 Å². The molecule has 0 saturated carbocycles. The highest BCUT2D eigenvalue weighted by molar-refractivity contribution is 5.68. The Morgan fingerprint density at radius 1 is 0.815 bits per heavy atom. The lowest BCUT2D eigenvalue weighted by Gasteiger charge is -2.10. The predicted octanol–water partition coefficient (Wildman–Crippen LogP) is 4.35. The van der Waals surface area contributed by atoms with E-state index in [1.54, 1.807) is 25.7 Å². The summed E-state index contributed by atoms with van der Waals surface area (Å²) in [6, 6.07) is 19.1. The second-order valence-corrected chi connectivity index (χ2v) is 5.77. The number of hydrogen-bond donors (Lipinski definition) is 1. The molecular formula is C21H17N5O. The van der Waals surface area contributed by atoms with Crippen molar-refractivity contribution in [2.24, 2.45) is 0 Å². The fourth-order valence-electron chi connectivity index (χ4n) is 2.61. The van der Waals surface area contributed by atoms with Gasteiger partial charge < -0.3 is 10.1 Å². The van der Waals surface area contributed by atoms with Crippen LogP contribution in [0, 0.1) is 0 Å². The Morgan fingerprint density at radius 2 is 1.63 bits per heavy atom. The van der Waals surface area contributed by atoms with E-state index in [1.165, 1.54) is 0 Å². The topological polar surface area (TPSA) is 72.8 Å². The summed E-state index contributed by atoms with van der Waals surface area (Å²) in [6.45, 7) is 0. The minimum Gasteiger partial charge on any atom is -0.497 e.